The average molecular weight is 266 g/mol. The summed E-state index contributed by atoms with van der Waals surface area (Å²) in [6, 6.07) is 0.172. The molecule has 1 rings (SSSR count). The molecule has 0 amide bonds. The lowest BCUT2D eigenvalue weighted by atomic mass is 10.2. The summed E-state index contributed by atoms with van der Waals surface area (Å²) in [5.41, 5.74) is 0. The summed E-state index contributed by atoms with van der Waals surface area (Å²) in [4.78, 5) is 0. The molecule has 0 spiro atoms. The van der Waals surface area contributed by atoms with Crippen molar-refractivity contribution in [3.63, 3.8) is 0 Å². The van der Waals surface area contributed by atoms with Gasteiger partial charge in [-0.25, -0.2) is 13.1 Å². The summed E-state index contributed by atoms with van der Waals surface area (Å²) < 4.78 is 26.2. The van der Waals surface area contributed by atoms with Gasteiger partial charge in [-0.2, -0.15) is 11.8 Å². The van der Waals surface area contributed by atoms with Gasteiger partial charge in [0.05, 0.1) is 5.75 Å². The molecule has 96 valence electrons. The highest BCUT2D eigenvalue weighted by Gasteiger charge is 2.19. The quantitative estimate of drug-likeness (QED) is 0.669. The molecule has 16 heavy (non-hydrogen) atoms. The molecule has 1 fully saturated rings. The smallest absolute Gasteiger partial charge is 0.211 e. The van der Waals surface area contributed by atoms with Crippen LogP contribution in [0.15, 0.2) is 0 Å². The van der Waals surface area contributed by atoms with Crippen molar-refractivity contribution < 1.29 is 8.42 Å². The van der Waals surface area contributed by atoms with Gasteiger partial charge in [0.15, 0.2) is 0 Å². The number of rotatable bonds is 7. The molecular formula is C10H22N2O2S2. The Kier molecular flexibility index (Phi) is 6.72. The maximum absolute atomic E-state index is 11.7. The highest BCUT2D eigenvalue weighted by atomic mass is 32.2. The fourth-order valence-electron chi connectivity index (χ4n) is 1.69. The van der Waals surface area contributed by atoms with Crippen LogP contribution in [0.2, 0.25) is 0 Å². The molecule has 0 unspecified atom stereocenters. The number of thioether (sulfide) groups is 1. The van der Waals surface area contributed by atoms with Crippen LogP contribution in [0, 0.1) is 0 Å². The van der Waals surface area contributed by atoms with Gasteiger partial charge in [0.1, 0.15) is 0 Å². The Balaban J connectivity index is 2.22. The second-order valence-electron chi connectivity index (χ2n) is 4.03. The predicted molar refractivity (Wildman–Crippen MR) is 70.4 cm³/mol. The second kappa shape index (κ2) is 7.53. The monoisotopic (exact) mass is 266 g/mol. The van der Waals surface area contributed by atoms with Gasteiger partial charge in [0.25, 0.3) is 0 Å². The molecule has 0 aromatic heterocycles. The topological polar surface area (TPSA) is 58.2 Å². The van der Waals surface area contributed by atoms with Crippen molar-refractivity contribution in [2.24, 2.45) is 0 Å². The van der Waals surface area contributed by atoms with E-state index in [0.717, 1.165) is 37.4 Å². The van der Waals surface area contributed by atoms with Crippen molar-refractivity contribution in [2.45, 2.75) is 32.2 Å². The standard InChI is InChI=1S/C10H22N2O2S2/c1-2-11-6-3-9-16(13,14)12-10-4-7-15-8-5-10/h10-12H,2-9H2,1H3. The Morgan fingerprint density at radius 3 is 2.62 bits per heavy atom. The molecule has 0 bridgehead atoms. The maximum atomic E-state index is 11.7. The zero-order chi connectivity index (χ0) is 11.9. The van der Waals surface area contributed by atoms with Crippen LogP contribution >= 0.6 is 11.8 Å². The first-order valence-corrected chi connectivity index (χ1v) is 8.73. The number of hydrogen-bond acceptors (Lipinski definition) is 4. The second-order valence-corrected chi connectivity index (χ2v) is 7.13. The van der Waals surface area contributed by atoms with E-state index in [1.807, 2.05) is 18.7 Å². The predicted octanol–water partition coefficient (Wildman–Crippen LogP) is 0.801. The summed E-state index contributed by atoms with van der Waals surface area (Å²) in [7, 11) is -3.06. The van der Waals surface area contributed by atoms with Crippen molar-refractivity contribution in [1.82, 2.24) is 10.0 Å². The highest BCUT2D eigenvalue weighted by Crippen LogP contribution is 2.17. The molecule has 1 saturated heterocycles. The van der Waals surface area contributed by atoms with E-state index in [-0.39, 0.29) is 11.8 Å². The zero-order valence-corrected chi connectivity index (χ0v) is 11.5. The molecule has 0 atom stereocenters. The molecule has 0 aromatic rings. The SMILES string of the molecule is CCNCCCS(=O)(=O)NC1CCSCC1. The fourth-order valence-corrected chi connectivity index (χ4v) is 4.18. The van der Waals surface area contributed by atoms with E-state index in [0.29, 0.717) is 6.42 Å². The zero-order valence-electron chi connectivity index (χ0n) is 9.87. The van der Waals surface area contributed by atoms with E-state index in [1.54, 1.807) is 0 Å². The van der Waals surface area contributed by atoms with Crippen LogP contribution in [-0.4, -0.2) is 44.8 Å². The lowest BCUT2D eigenvalue weighted by molar-refractivity contribution is 0.526. The van der Waals surface area contributed by atoms with Crippen LogP contribution < -0.4 is 10.0 Å². The highest BCUT2D eigenvalue weighted by molar-refractivity contribution is 7.99. The molecule has 1 heterocycles. The first-order valence-electron chi connectivity index (χ1n) is 5.92. The van der Waals surface area contributed by atoms with Crippen LogP contribution in [0.25, 0.3) is 0 Å². The van der Waals surface area contributed by atoms with Crippen LogP contribution in [0.4, 0.5) is 0 Å². The Morgan fingerprint density at radius 2 is 2.00 bits per heavy atom. The lowest BCUT2D eigenvalue weighted by Crippen LogP contribution is -2.39. The molecule has 0 aromatic carbocycles. The van der Waals surface area contributed by atoms with E-state index in [4.69, 9.17) is 0 Å². The largest absolute Gasteiger partial charge is 0.317 e. The summed E-state index contributed by atoms with van der Waals surface area (Å²) in [5.74, 6) is 2.39. The minimum absolute atomic E-state index is 0.172. The molecule has 1 aliphatic heterocycles. The van der Waals surface area contributed by atoms with Gasteiger partial charge in [-0.1, -0.05) is 6.92 Å². The van der Waals surface area contributed by atoms with Gasteiger partial charge >= 0.3 is 0 Å². The molecule has 0 saturated carbocycles. The van der Waals surface area contributed by atoms with E-state index >= 15 is 0 Å². The summed E-state index contributed by atoms with van der Waals surface area (Å²) in [6.45, 7) is 3.69. The summed E-state index contributed by atoms with van der Waals surface area (Å²) in [5, 5.41) is 3.13. The molecule has 2 N–H and O–H groups in total. The van der Waals surface area contributed by atoms with Crippen LogP contribution in [-0.2, 0) is 10.0 Å². The van der Waals surface area contributed by atoms with E-state index in [1.165, 1.54) is 0 Å². The molecule has 4 nitrogen and oxygen atoms in total. The number of sulfonamides is 1. The van der Waals surface area contributed by atoms with Crippen molar-refractivity contribution >= 4 is 21.8 Å². The summed E-state index contributed by atoms with van der Waals surface area (Å²) >= 11 is 1.90. The average Bonchev–Trinajstić information content (AvgIpc) is 2.25. The van der Waals surface area contributed by atoms with Crippen molar-refractivity contribution in [2.75, 3.05) is 30.3 Å². The minimum Gasteiger partial charge on any atom is -0.317 e. The van der Waals surface area contributed by atoms with Crippen molar-refractivity contribution in [3.05, 3.63) is 0 Å². The molecule has 6 heteroatoms. The third-order valence-corrected chi connectivity index (χ3v) is 5.15. The lowest BCUT2D eigenvalue weighted by Gasteiger charge is -2.22. The van der Waals surface area contributed by atoms with Crippen LogP contribution in [0.1, 0.15) is 26.2 Å². The van der Waals surface area contributed by atoms with E-state index in [9.17, 15) is 8.42 Å². The van der Waals surface area contributed by atoms with Crippen LogP contribution in [0.5, 0.6) is 0 Å². The van der Waals surface area contributed by atoms with E-state index in [2.05, 4.69) is 10.0 Å². The molecular weight excluding hydrogens is 244 g/mol. The summed E-state index contributed by atoms with van der Waals surface area (Å²) in [6.07, 6.45) is 2.62. The maximum Gasteiger partial charge on any atom is 0.211 e. The van der Waals surface area contributed by atoms with Gasteiger partial charge in [0.2, 0.25) is 10.0 Å². The molecule has 1 aliphatic rings. The number of nitrogens with one attached hydrogen (secondary N) is 2. The Labute approximate surface area is 103 Å². The van der Waals surface area contributed by atoms with Gasteiger partial charge < -0.3 is 5.32 Å². The minimum atomic E-state index is -3.06. The van der Waals surface area contributed by atoms with E-state index < -0.39 is 10.0 Å². The normalized spacial score (nSPS) is 18.8. The Morgan fingerprint density at radius 1 is 1.31 bits per heavy atom. The van der Waals surface area contributed by atoms with Gasteiger partial charge in [-0.3, -0.25) is 0 Å². The molecule has 0 radical (unpaired) electrons. The number of hydrogen-bond donors (Lipinski definition) is 2. The van der Waals surface area contributed by atoms with Crippen molar-refractivity contribution in [3.8, 4) is 0 Å². The fraction of sp³-hybridized carbons (Fsp3) is 1.00. The first-order chi connectivity index (χ1) is 7.64. The van der Waals surface area contributed by atoms with Crippen molar-refractivity contribution in [1.29, 1.82) is 0 Å². The first kappa shape index (κ1) is 14.3. The van der Waals surface area contributed by atoms with Gasteiger partial charge in [-0.05, 0) is 43.9 Å². The van der Waals surface area contributed by atoms with Crippen LogP contribution in [0.3, 0.4) is 0 Å². The van der Waals surface area contributed by atoms with Gasteiger partial charge in [0, 0.05) is 6.04 Å². The molecule has 0 aliphatic carbocycles. The third kappa shape index (κ3) is 6.08. The Hall–Kier alpha value is 0.220. The van der Waals surface area contributed by atoms with Gasteiger partial charge in [-0.15, -0.1) is 0 Å². The Bertz CT molecular complexity index is 275. The third-order valence-electron chi connectivity index (χ3n) is 2.58.